The van der Waals surface area contributed by atoms with Crippen LogP contribution in [0.2, 0.25) is 5.02 Å². The number of halogens is 2. The topological polar surface area (TPSA) is 104 Å². The number of H-pyrrole nitrogens is 1. The largest absolute Gasteiger partial charge is 0.481 e. The second-order valence-corrected chi connectivity index (χ2v) is 7.84. The molecule has 0 amide bonds. The van der Waals surface area contributed by atoms with Crippen LogP contribution >= 0.6 is 11.6 Å². The number of carboxylic acid groups (broad SMARTS) is 1. The molecule has 1 unspecified atom stereocenters. The molecule has 1 aliphatic rings. The van der Waals surface area contributed by atoms with Crippen LogP contribution in [0.15, 0.2) is 24.7 Å². The van der Waals surface area contributed by atoms with Crippen LogP contribution in [0.25, 0.3) is 22.4 Å². The number of aromatic amines is 1. The number of hydrogen-bond donors (Lipinski definition) is 3. The highest BCUT2D eigenvalue weighted by Gasteiger charge is 2.46. The molecule has 152 valence electrons. The lowest BCUT2D eigenvalue weighted by Crippen LogP contribution is -2.48. The van der Waals surface area contributed by atoms with Gasteiger partial charge in [-0.3, -0.25) is 4.79 Å². The Hall–Kier alpha value is -2.74. The molecule has 0 bridgehead atoms. The van der Waals surface area contributed by atoms with Crippen LogP contribution in [-0.4, -0.2) is 37.1 Å². The first-order valence-electron chi connectivity index (χ1n) is 9.60. The fourth-order valence-corrected chi connectivity index (χ4v) is 4.36. The zero-order valence-corrected chi connectivity index (χ0v) is 16.6. The maximum atomic E-state index is 14.5. The molecule has 1 saturated carbocycles. The Morgan fingerprint density at radius 3 is 3.00 bits per heavy atom. The summed E-state index contributed by atoms with van der Waals surface area (Å²) in [6.45, 7) is 1.86. The van der Waals surface area contributed by atoms with E-state index in [1.807, 2.05) is 6.92 Å². The monoisotopic (exact) mass is 417 g/mol. The number of hydrogen-bond acceptors (Lipinski definition) is 5. The number of nitrogens with zero attached hydrogens (tertiary/aromatic N) is 3. The molecule has 1 fully saturated rings. The quantitative estimate of drug-likeness (QED) is 0.558. The number of fused-ring (bicyclic) bond motifs is 1. The second-order valence-electron chi connectivity index (χ2n) is 7.40. The standard InChI is InChI=1S/C20H21ClFN5O2/c1-2-20(19(28)29)6-4-3-5-15(20)26-18-14(22)10-25-17(27-18)13-9-24-16-12(13)7-11(21)8-23-16/h7-10,15H,2-6H2,1H3,(H,23,24)(H,28,29)(H,25,26,27)/t15-,20?/m0/s1. The maximum absolute atomic E-state index is 14.5. The first-order valence-corrected chi connectivity index (χ1v) is 9.98. The number of anilines is 1. The molecule has 1 aliphatic carbocycles. The Morgan fingerprint density at radius 2 is 2.24 bits per heavy atom. The van der Waals surface area contributed by atoms with Gasteiger partial charge in [0.05, 0.1) is 16.6 Å². The molecule has 29 heavy (non-hydrogen) atoms. The van der Waals surface area contributed by atoms with E-state index in [-0.39, 0.29) is 5.82 Å². The van der Waals surface area contributed by atoms with Gasteiger partial charge in [0, 0.05) is 29.4 Å². The lowest BCUT2D eigenvalue weighted by molar-refractivity contribution is -0.152. The van der Waals surface area contributed by atoms with E-state index < -0.39 is 23.2 Å². The summed E-state index contributed by atoms with van der Waals surface area (Å²) in [5.74, 6) is -1.17. The van der Waals surface area contributed by atoms with E-state index >= 15 is 0 Å². The van der Waals surface area contributed by atoms with Gasteiger partial charge in [-0.25, -0.2) is 19.3 Å². The Morgan fingerprint density at radius 1 is 1.41 bits per heavy atom. The fourth-order valence-electron chi connectivity index (χ4n) is 4.21. The van der Waals surface area contributed by atoms with Crippen molar-refractivity contribution in [2.45, 2.75) is 45.1 Å². The van der Waals surface area contributed by atoms with Crippen molar-refractivity contribution in [3.63, 3.8) is 0 Å². The molecule has 2 atom stereocenters. The normalized spacial score (nSPS) is 22.0. The number of pyridine rings is 1. The van der Waals surface area contributed by atoms with Crippen LogP contribution in [0.3, 0.4) is 0 Å². The number of carboxylic acids is 1. The van der Waals surface area contributed by atoms with Gasteiger partial charge in [-0.1, -0.05) is 31.4 Å². The van der Waals surface area contributed by atoms with E-state index in [0.29, 0.717) is 41.3 Å². The molecule has 3 N–H and O–H groups in total. The van der Waals surface area contributed by atoms with E-state index in [0.717, 1.165) is 24.4 Å². The van der Waals surface area contributed by atoms with E-state index in [9.17, 15) is 14.3 Å². The van der Waals surface area contributed by atoms with Crippen LogP contribution in [0.5, 0.6) is 0 Å². The first-order chi connectivity index (χ1) is 13.9. The molecule has 3 heterocycles. The van der Waals surface area contributed by atoms with Gasteiger partial charge in [-0.05, 0) is 25.3 Å². The molecule has 0 spiro atoms. The van der Waals surface area contributed by atoms with Crippen molar-refractivity contribution in [2.24, 2.45) is 5.41 Å². The molecular weight excluding hydrogens is 397 g/mol. The van der Waals surface area contributed by atoms with Gasteiger partial charge in [-0.2, -0.15) is 0 Å². The van der Waals surface area contributed by atoms with Crippen molar-refractivity contribution in [1.29, 1.82) is 0 Å². The molecule has 3 aromatic rings. The van der Waals surface area contributed by atoms with Crippen LogP contribution in [0, 0.1) is 11.2 Å². The SMILES string of the molecule is CCC1(C(=O)O)CCCC[C@@H]1Nc1nc(-c2c[nH]c3ncc(Cl)cc23)ncc1F. The van der Waals surface area contributed by atoms with Crippen molar-refractivity contribution in [3.8, 4) is 11.4 Å². The van der Waals surface area contributed by atoms with Gasteiger partial charge in [0.25, 0.3) is 0 Å². The molecule has 0 radical (unpaired) electrons. The van der Waals surface area contributed by atoms with Crippen LogP contribution < -0.4 is 5.32 Å². The number of rotatable bonds is 5. The van der Waals surface area contributed by atoms with Gasteiger partial charge in [0.15, 0.2) is 17.5 Å². The predicted molar refractivity (Wildman–Crippen MR) is 108 cm³/mol. The number of aliphatic carboxylic acids is 1. The Bertz CT molecular complexity index is 1070. The summed E-state index contributed by atoms with van der Waals surface area (Å²) in [4.78, 5) is 27.8. The van der Waals surface area contributed by atoms with Gasteiger partial charge >= 0.3 is 5.97 Å². The highest BCUT2D eigenvalue weighted by Crippen LogP contribution is 2.41. The summed E-state index contributed by atoms with van der Waals surface area (Å²) >= 11 is 6.05. The molecule has 7 nitrogen and oxygen atoms in total. The van der Waals surface area contributed by atoms with Crippen molar-refractivity contribution < 1.29 is 14.3 Å². The van der Waals surface area contributed by atoms with E-state index in [1.165, 1.54) is 6.20 Å². The van der Waals surface area contributed by atoms with Gasteiger partial charge in [0.1, 0.15) is 5.65 Å². The average molecular weight is 418 g/mol. The summed E-state index contributed by atoms with van der Waals surface area (Å²) in [6, 6.07) is 1.33. The fraction of sp³-hybridized carbons (Fsp3) is 0.400. The van der Waals surface area contributed by atoms with Gasteiger partial charge in [-0.15, -0.1) is 0 Å². The van der Waals surface area contributed by atoms with E-state index in [4.69, 9.17) is 11.6 Å². The summed E-state index contributed by atoms with van der Waals surface area (Å²) in [5, 5.41) is 14.1. The zero-order valence-electron chi connectivity index (χ0n) is 15.9. The third kappa shape index (κ3) is 3.42. The molecule has 0 aliphatic heterocycles. The third-order valence-corrected chi connectivity index (χ3v) is 6.09. The third-order valence-electron chi connectivity index (χ3n) is 5.88. The second kappa shape index (κ2) is 7.59. The van der Waals surface area contributed by atoms with Crippen molar-refractivity contribution in [1.82, 2.24) is 19.9 Å². The van der Waals surface area contributed by atoms with Crippen molar-refractivity contribution >= 4 is 34.4 Å². The number of carbonyl (C=O) groups is 1. The highest BCUT2D eigenvalue weighted by atomic mass is 35.5. The first kappa shape index (κ1) is 19.6. The summed E-state index contributed by atoms with van der Waals surface area (Å²) in [6.07, 6.45) is 7.72. The van der Waals surface area contributed by atoms with Gasteiger partial charge < -0.3 is 15.4 Å². The van der Waals surface area contributed by atoms with E-state index in [1.54, 1.807) is 12.3 Å². The predicted octanol–water partition coefficient (Wildman–Crippen LogP) is 4.65. The molecule has 3 aromatic heterocycles. The smallest absolute Gasteiger partial charge is 0.311 e. The van der Waals surface area contributed by atoms with E-state index in [2.05, 4.69) is 25.3 Å². The lowest BCUT2D eigenvalue weighted by atomic mass is 9.68. The Labute approximate surface area is 171 Å². The summed E-state index contributed by atoms with van der Waals surface area (Å²) < 4.78 is 14.5. The zero-order chi connectivity index (χ0) is 20.6. The number of nitrogens with one attached hydrogen (secondary N) is 2. The van der Waals surface area contributed by atoms with Crippen LogP contribution in [0.1, 0.15) is 39.0 Å². The average Bonchev–Trinajstić information content (AvgIpc) is 3.13. The van der Waals surface area contributed by atoms with Crippen LogP contribution in [-0.2, 0) is 4.79 Å². The van der Waals surface area contributed by atoms with Crippen molar-refractivity contribution in [2.75, 3.05) is 5.32 Å². The summed E-state index contributed by atoms with van der Waals surface area (Å²) in [5.41, 5.74) is 0.324. The van der Waals surface area contributed by atoms with Crippen LogP contribution in [0.4, 0.5) is 10.2 Å². The highest BCUT2D eigenvalue weighted by molar-refractivity contribution is 6.31. The molecular formula is C20H21ClFN5O2. The molecule has 0 saturated heterocycles. The molecule has 0 aromatic carbocycles. The maximum Gasteiger partial charge on any atom is 0.311 e. The van der Waals surface area contributed by atoms with Crippen molar-refractivity contribution in [3.05, 3.63) is 35.5 Å². The summed E-state index contributed by atoms with van der Waals surface area (Å²) in [7, 11) is 0. The molecule has 9 heteroatoms. The minimum absolute atomic E-state index is 0.00492. The van der Waals surface area contributed by atoms with Gasteiger partial charge in [0.2, 0.25) is 0 Å². The number of aromatic nitrogens is 4. The lowest BCUT2D eigenvalue weighted by Gasteiger charge is -2.40. The Balaban J connectivity index is 1.72. The minimum atomic E-state index is -0.936. The molecule has 4 rings (SSSR count). The minimum Gasteiger partial charge on any atom is -0.481 e. The Kier molecular flexibility index (Phi) is 5.12.